The van der Waals surface area contributed by atoms with Gasteiger partial charge in [-0.15, -0.1) is 0 Å². The van der Waals surface area contributed by atoms with Crippen molar-refractivity contribution in [3.8, 4) is 16.9 Å². The molecular formula is C20H25FN2O2. The summed E-state index contributed by atoms with van der Waals surface area (Å²) < 4.78 is 20.0. The molecule has 0 saturated heterocycles. The molecule has 1 amide bonds. The van der Waals surface area contributed by atoms with Crippen LogP contribution in [0.2, 0.25) is 0 Å². The molecule has 2 rings (SSSR count). The molecule has 4 nitrogen and oxygen atoms in total. The number of pyridine rings is 1. The zero-order chi connectivity index (χ0) is 18.4. The van der Waals surface area contributed by atoms with Gasteiger partial charge in [0, 0.05) is 13.1 Å². The SMILES string of the molecule is CC(=O)Nc1cc(-c2ccc(OC[C@H](C)CC(C)C)c(F)c2)ccn1. The summed E-state index contributed by atoms with van der Waals surface area (Å²) in [7, 11) is 0. The fourth-order valence-electron chi connectivity index (χ4n) is 2.76. The Kier molecular flexibility index (Phi) is 6.51. The van der Waals surface area contributed by atoms with Crippen molar-refractivity contribution < 1.29 is 13.9 Å². The summed E-state index contributed by atoms with van der Waals surface area (Å²) in [5, 5.41) is 2.62. The molecule has 1 N–H and O–H groups in total. The van der Waals surface area contributed by atoms with Gasteiger partial charge in [0.1, 0.15) is 5.82 Å². The molecular weight excluding hydrogens is 319 g/mol. The summed E-state index contributed by atoms with van der Waals surface area (Å²) >= 11 is 0. The maximum Gasteiger partial charge on any atom is 0.222 e. The normalized spacial score (nSPS) is 12.1. The molecule has 1 aromatic heterocycles. The van der Waals surface area contributed by atoms with Crippen LogP contribution in [-0.4, -0.2) is 17.5 Å². The van der Waals surface area contributed by atoms with E-state index in [4.69, 9.17) is 4.74 Å². The molecule has 0 fully saturated rings. The van der Waals surface area contributed by atoms with Gasteiger partial charge in [-0.25, -0.2) is 9.37 Å². The molecule has 0 aliphatic rings. The van der Waals surface area contributed by atoms with E-state index >= 15 is 0 Å². The second-order valence-corrected chi connectivity index (χ2v) is 6.80. The van der Waals surface area contributed by atoms with E-state index in [0.29, 0.717) is 29.8 Å². The lowest BCUT2D eigenvalue weighted by molar-refractivity contribution is -0.114. The van der Waals surface area contributed by atoms with Crippen molar-refractivity contribution in [3.05, 3.63) is 42.3 Å². The molecule has 0 unspecified atom stereocenters. The smallest absolute Gasteiger partial charge is 0.222 e. The highest BCUT2D eigenvalue weighted by Crippen LogP contribution is 2.27. The van der Waals surface area contributed by atoms with Gasteiger partial charge in [0.2, 0.25) is 5.91 Å². The molecule has 25 heavy (non-hydrogen) atoms. The predicted octanol–water partition coefficient (Wildman–Crippen LogP) is 4.91. The number of carbonyl (C=O) groups excluding carboxylic acids is 1. The van der Waals surface area contributed by atoms with Crippen LogP contribution in [-0.2, 0) is 4.79 Å². The third-order valence-corrected chi connectivity index (χ3v) is 3.73. The molecule has 1 aromatic carbocycles. The molecule has 1 atom stereocenters. The van der Waals surface area contributed by atoms with Crippen LogP contribution in [0.1, 0.15) is 34.1 Å². The molecule has 0 spiro atoms. The topological polar surface area (TPSA) is 51.2 Å². The lowest BCUT2D eigenvalue weighted by Crippen LogP contribution is -2.11. The van der Waals surface area contributed by atoms with Gasteiger partial charge in [-0.3, -0.25) is 4.79 Å². The monoisotopic (exact) mass is 344 g/mol. The Bertz CT molecular complexity index is 731. The van der Waals surface area contributed by atoms with E-state index in [9.17, 15) is 9.18 Å². The summed E-state index contributed by atoms with van der Waals surface area (Å²) in [4.78, 5) is 15.2. The van der Waals surface area contributed by atoms with Gasteiger partial charge in [0.05, 0.1) is 6.61 Å². The van der Waals surface area contributed by atoms with Crippen molar-refractivity contribution in [3.63, 3.8) is 0 Å². The fourth-order valence-corrected chi connectivity index (χ4v) is 2.76. The number of amides is 1. The average molecular weight is 344 g/mol. The van der Waals surface area contributed by atoms with Crippen molar-refractivity contribution in [2.45, 2.75) is 34.1 Å². The minimum absolute atomic E-state index is 0.199. The maximum absolute atomic E-state index is 14.3. The summed E-state index contributed by atoms with van der Waals surface area (Å²) in [5.41, 5.74) is 1.48. The van der Waals surface area contributed by atoms with E-state index in [1.807, 2.05) is 0 Å². The van der Waals surface area contributed by atoms with Crippen LogP contribution >= 0.6 is 0 Å². The zero-order valence-electron chi connectivity index (χ0n) is 15.2. The molecule has 0 bridgehead atoms. The first-order valence-electron chi connectivity index (χ1n) is 8.51. The van der Waals surface area contributed by atoms with Crippen LogP contribution in [0.4, 0.5) is 10.2 Å². The van der Waals surface area contributed by atoms with E-state index in [2.05, 4.69) is 31.1 Å². The van der Waals surface area contributed by atoms with Crippen LogP contribution < -0.4 is 10.1 Å². The van der Waals surface area contributed by atoms with Gasteiger partial charge < -0.3 is 10.1 Å². The Balaban J connectivity index is 2.10. The largest absolute Gasteiger partial charge is 0.490 e. The quantitative estimate of drug-likeness (QED) is 0.776. The van der Waals surface area contributed by atoms with Crippen LogP contribution in [0.3, 0.4) is 0 Å². The molecule has 0 radical (unpaired) electrons. The Morgan fingerprint density at radius 3 is 2.56 bits per heavy atom. The van der Waals surface area contributed by atoms with Crippen molar-refractivity contribution in [1.82, 2.24) is 4.98 Å². The Labute approximate surface area is 148 Å². The first kappa shape index (κ1) is 18.9. The molecule has 0 aliphatic heterocycles. The Morgan fingerprint density at radius 1 is 1.20 bits per heavy atom. The predicted molar refractivity (Wildman–Crippen MR) is 98.0 cm³/mol. The van der Waals surface area contributed by atoms with Gasteiger partial charge in [-0.2, -0.15) is 0 Å². The Morgan fingerprint density at radius 2 is 1.92 bits per heavy atom. The van der Waals surface area contributed by atoms with E-state index in [1.54, 1.807) is 30.5 Å². The number of anilines is 1. The number of nitrogens with zero attached hydrogens (tertiary/aromatic N) is 1. The van der Waals surface area contributed by atoms with Gasteiger partial charge in [0.15, 0.2) is 11.6 Å². The highest BCUT2D eigenvalue weighted by atomic mass is 19.1. The number of hydrogen-bond donors (Lipinski definition) is 1. The molecule has 134 valence electrons. The zero-order valence-corrected chi connectivity index (χ0v) is 15.2. The summed E-state index contributed by atoms with van der Waals surface area (Å²) in [6.07, 6.45) is 2.62. The number of halogens is 1. The van der Waals surface area contributed by atoms with E-state index < -0.39 is 5.82 Å². The summed E-state index contributed by atoms with van der Waals surface area (Å²) in [6, 6.07) is 8.37. The minimum atomic E-state index is -0.396. The third kappa shape index (κ3) is 5.85. The first-order valence-corrected chi connectivity index (χ1v) is 8.51. The van der Waals surface area contributed by atoms with Crippen molar-refractivity contribution in [2.75, 3.05) is 11.9 Å². The number of aromatic nitrogens is 1. The lowest BCUT2D eigenvalue weighted by Gasteiger charge is -2.15. The number of hydrogen-bond acceptors (Lipinski definition) is 3. The highest BCUT2D eigenvalue weighted by Gasteiger charge is 2.10. The van der Waals surface area contributed by atoms with Crippen LogP contribution in [0.5, 0.6) is 5.75 Å². The van der Waals surface area contributed by atoms with Crippen LogP contribution in [0.25, 0.3) is 11.1 Å². The minimum Gasteiger partial charge on any atom is -0.490 e. The van der Waals surface area contributed by atoms with Gasteiger partial charge in [-0.1, -0.05) is 26.8 Å². The molecule has 5 heteroatoms. The van der Waals surface area contributed by atoms with Gasteiger partial charge in [0.25, 0.3) is 0 Å². The Hall–Kier alpha value is -2.43. The maximum atomic E-state index is 14.3. The van der Waals surface area contributed by atoms with Crippen LogP contribution in [0.15, 0.2) is 36.5 Å². The summed E-state index contributed by atoms with van der Waals surface area (Å²) in [6.45, 7) is 8.34. The molecule has 2 aromatic rings. The first-order chi connectivity index (χ1) is 11.8. The van der Waals surface area contributed by atoms with Crippen molar-refractivity contribution >= 4 is 11.7 Å². The van der Waals surface area contributed by atoms with E-state index in [1.165, 1.54) is 13.0 Å². The van der Waals surface area contributed by atoms with Gasteiger partial charge in [-0.05, 0) is 53.6 Å². The van der Waals surface area contributed by atoms with E-state index in [0.717, 1.165) is 12.0 Å². The van der Waals surface area contributed by atoms with E-state index in [-0.39, 0.29) is 11.7 Å². The second kappa shape index (κ2) is 8.60. The number of nitrogens with one attached hydrogen (secondary N) is 1. The van der Waals surface area contributed by atoms with Crippen molar-refractivity contribution in [2.24, 2.45) is 11.8 Å². The molecule has 0 aliphatic carbocycles. The third-order valence-electron chi connectivity index (χ3n) is 3.73. The number of benzene rings is 1. The molecule has 0 saturated carbocycles. The highest BCUT2D eigenvalue weighted by molar-refractivity contribution is 5.88. The number of carbonyl (C=O) groups is 1. The van der Waals surface area contributed by atoms with Crippen molar-refractivity contribution in [1.29, 1.82) is 0 Å². The lowest BCUT2D eigenvalue weighted by atomic mass is 10.00. The number of rotatable bonds is 7. The molecule has 1 heterocycles. The number of ether oxygens (including phenoxy) is 1. The fraction of sp³-hybridized carbons (Fsp3) is 0.400. The van der Waals surface area contributed by atoms with Gasteiger partial charge >= 0.3 is 0 Å². The second-order valence-electron chi connectivity index (χ2n) is 6.80. The average Bonchev–Trinajstić information content (AvgIpc) is 2.52. The van der Waals surface area contributed by atoms with Crippen LogP contribution in [0, 0.1) is 17.7 Å². The summed E-state index contributed by atoms with van der Waals surface area (Å²) in [5.74, 6) is 1.07. The standard InChI is InChI=1S/C20H25FN2O2/c1-13(2)9-14(3)12-25-19-6-5-16(10-18(19)21)17-7-8-22-20(11-17)23-15(4)24/h5-8,10-11,13-14H,9,12H2,1-4H3,(H,22,23,24)/t14-/m1/s1.